The van der Waals surface area contributed by atoms with Crippen LogP contribution < -0.4 is 10.1 Å². The molecule has 0 aromatic heterocycles. The molecule has 0 spiro atoms. The van der Waals surface area contributed by atoms with Gasteiger partial charge in [0.15, 0.2) is 0 Å². The third-order valence-electron chi connectivity index (χ3n) is 4.87. The first-order chi connectivity index (χ1) is 13.3. The molecular weight excluding hydrogens is 376 g/mol. The summed E-state index contributed by atoms with van der Waals surface area (Å²) in [4.78, 5) is 11.6. The molecule has 1 heterocycles. The molecule has 1 fully saturated rings. The van der Waals surface area contributed by atoms with Crippen molar-refractivity contribution in [2.45, 2.75) is 44.6 Å². The summed E-state index contributed by atoms with van der Waals surface area (Å²) in [6.07, 6.45) is 1.58. The van der Waals surface area contributed by atoms with Crippen molar-refractivity contribution in [3.63, 3.8) is 0 Å². The predicted octanol–water partition coefficient (Wildman–Crippen LogP) is 3.88. The molecule has 1 unspecified atom stereocenters. The molecule has 1 N–H and O–H groups in total. The third-order valence-corrected chi connectivity index (χ3v) is 6.92. The molecule has 0 radical (unpaired) electrons. The molecule has 28 heavy (non-hydrogen) atoms. The second-order valence-corrected chi connectivity index (χ2v) is 8.80. The highest BCUT2D eigenvalue weighted by Crippen LogP contribution is 2.38. The summed E-state index contributed by atoms with van der Waals surface area (Å²) in [5.41, 5.74) is 2.10. The van der Waals surface area contributed by atoms with E-state index in [-0.39, 0.29) is 16.8 Å². The fourth-order valence-electron chi connectivity index (χ4n) is 3.60. The monoisotopic (exact) mass is 402 g/mol. The zero-order valence-corrected chi connectivity index (χ0v) is 17.3. The van der Waals surface area contributed by atoms with E-state index in [1.54, 1.807) is 29.4 Å². The van der Waals surface area contributed by atoms with Gasteiger partial charge in [-0.1, -0.05) is 18.2 Å². The molecule has 0 saturated carbocycles. The number of hydrogen-bond donors (Lipinski definition) is 1. The molecule has 1 aliphatic heterocycles. The number of hydrogen-bond acceptors (Lipinski definition) is 4. The summed E-state index contributed by atoms with van der Waals surface area (Å²) < 4.78 is 33.9. The minimum Gasteiger partial charge on any atom is -0.494 e. The quantitative estimate of drug-likeness (QED) is 0.796. The van der Waals surface area contributed by atoms with E-state index >= 15 is 0 Å². The van der Waals surface area contributed by atoms with Crippen molar-refractivity contribution in [3.05, 3.63) is 53.6 Å². The van der Waals surface area contributed by atoms with Gasteiger partial charge in [0.05, 0.1) is 17.5 Å². The van der Waals surface area contributed by atoms with E-state index in [0.29, 0.717) is 24.4 Å². The van der Waals surface area contributed by atoms with Gasteiger partial charge in [-0.25, -0.2) is 8.42 Å². The van der Waals surface area contributed by atoms with Crippen LogP contribution >= 0.6 is 0 Å². The summed E-state index contributed by atoms with van der Waals surface area (Å²) in [7, 11) is -3.69. The number of carbonyl (C=O) groups is 1. The number of aryl methyl sites for hydroxylation is 1. The van der Waals surface area contributed by atoms with Gasteiger partial charge in [0.1, 0.15) is 5.75 Å². The Hall–Kier alpha value is -2.38. The normalized spacial score (nSPS) is 17.5. The summed E-state index contributed by atoms with van der Waals surface area (Å²) in [6, 6.07) is 12.4. The first kappa shape index (κ1) is 20.4. The molecule has 3 rings (SSSR count). The van der Waals surface area contributed by atoms with Gasteiger partial charge in [0.2, 0.25) is 15.9 Å². The number of benzene rings is 2. The van der Waals surface area contributed by atoms with E-state index in [1.807, 2.05) is 31.2 Å². The number of sulfonamides is 1. The van der Waals surface area contributed by atoms with Crippen LogP contribution in [0.15, 0.2) is 47.4 Å². The number of anilines is 1. The van der Waals surface area contributed by atoms with Gasteiger partial charge >= 0.3 is 0 Å². The van der Waals surface area contributed by atoms with Crippen molar-refractivity contribution < 1.29 is 17.9 Å². The molecule has 0 bridgehead atoms. The van der Waals surface area contributed by atoms with Crippen LogP contribution in [0.5, 0.6) is 5.75 Å². The van der Waals surface area contributed by atoms with Gasteiger partial charge < -0.3 is 10.1 Å². The maximum Gasteiger partial charge on any atom is 0.243 e. The molecule has 2 aromatic rings. The number of amides is 1. The molecule has 1 aliphatic rings. The Labute approximate surface area is 166 Å². The zero-order valence-electron chi connectivity index (χ0n) is 16.4. The topological polar surface area (TPSA) is 75.7 Å². The van der Waals surface area contributed by atoms with Crippen LogP contribution in [0.2, 0.25) is 0 Å². The zero-order chi connectivity index (χ0) is 20.3. The first-order valence-corrected chi connectivity index (χ1v) is 10.9. The van der Waals surface area contributed by atoms with Crippen LogP contribution in [0.1, 0.15) is 43.9 Å². The van der Waals surface area contributed by atoms with Crippen LogP contribution in [0, 0.1) is 6.92 Å². The fraction of sp³-hybridized carbons (Fsp3) is 0.381. The lowest BCUT2D eigenvalue weighted by Crippen LogP contribution is -2.31. The summed E-state index contributed by atoms with van der Waals surface area (Å²) in [6.45, 7) is 6.16. The number of nitrogens with zero attached hydrogens (tertiary/aromatic N) is 1. The third kappa shape index (κ3) is 4.20. The number of rotatable bonds is 6. The number of nitrogens with one attached hydrogen (secondary N) is 1. The fourth-order valence-corrected chi connectivity index (χ4v) is 5.53. The highest BCUT2D eigenvalue weighted by molar-refractivity contribution is 7.89. The smallest absolute Gasteiger partial charge is 0.243 e. The molecule has 1 atom stereocenters. The highest BCUT2D eigenvalue weighted by atomic mass is 32.2. The van der Waals surface area contributed by atoms with E-state index in [9.17, 15) is 13.2 Å². The average Bonchev–Trinajstić information content (AvgIpc) is 3.14. The van der Waals surface area contributed by atoms with Crippen molar-refractivity contribution >= 4 is 21.6 Å². The van der Waals surface area contributed by atoms with Crippen molar-refractivity contribution in [2.75, 3.05) is 18.5 Å². The predicted molar refractivity (Wildman–Crippen MR) is 109 cm³/mol. The lowest BCUT2D eigenvalue weighted by molar-refractivity contribution is -0.114. The van der Waals surface area contributed by atoms with Crippen molar-refractivity contribution in [3.8, 4) is 5.75 Å². The summed E-state index contributed by atoms with van der Waals surface area (Å²) in [5, 5.41) is 2.66. The minimum absolute atomic E-state index is 0.204. The summed E-state index contributed by atoms with van der Waals surface area (Å²) in [5.74, 6) is 0.540. The number of ether oxygens (including phenoxy) is 1. The van der Waals surface area contributed by atoms with Gasteiger partial charge in [-0.2, -0.15) is 4.31 Å². The molecule has 2 aromatic carbocycles. The van der Waals surface area contributed by atoms with Crippen molar-refractivity contribution in [1.82, 2.24) is 4.31 Å². The Morgan fingerprint density at radius 2 is 1.93 bits per heavy atom. The molecule has 1 saturated heterocycles. The van der Waals surface area contributed by atoms with Gasteiger partial charge in [-0.05, 0) is 62.1 Å². The average molecular weight is 403 g/mol. The number of carbonyl (C=O) groups excluding carboxylic acids is 1. The molecule has 150 valence electrons. The minimum atomic E-state index is -3.69. The Balaban J connectivity index is 1.93. The van der Waals surface area contributed by atoms with E-state index in [4.69, 9.17) is 4.74 Å². The lowest BCUT2D eigenvalue weighted by atomic mass is 10.1. The van der Waals surface area contributed by atoms with E-state index in [0.717, 1.165) is 24.2 Å². The van der Waals surface area contributed by atoms with E-state index in [1.165, 1.54) is 6.92 Å². The molecular formula is C21H26N2O4S. The van der Waals surface area contributed by atoms with E-state index in [2.05, 4.69) is 5.32 Å². The first-order valence-electron chi connectivity index (χ1n) is 9.45. The second-order valence-electron chi connectivity index (χ2n) is 6.94. The van der Waals surface area contributed by atoms with Crippen molar-refractivity contribution in [2.24, 2.45) is 0 Å². The second kappa shape index (κ2) is 8.32. The Bertz CT molecular complexity index is 955. The maximum absolute atomic E-state index is 13.4. The Morgan fingerprint density at radius 3 is 2.57 bits per heavy atom. The molecule has 7 heteroatoms. The highest BCUT2D eigenvalue weighted by Gasteiger charge is 2.37. The molecule has 0 aliphatic carbocycles. The van der Waals surface area contributed by atoms with Crippen LogP contribution in [-0.4, -0.2) is 31.8 Å². The van der Waals surface area contributed by atoms with Gasteiger partial charge in [-0.15, -0.1) is 0 Å². The summed E-state index contributed by atoms with van der Waals surface area (Å²) >= 11 is 0. The molecule has 6 nitrogen and oxygen atoms in total. The van der Waals surface area contributed by atoms with Gasteiger partial charge in [0, 0.05) is 19.2 Å². The standard InChI is InChI=1S/C21H26N2O4S/c1-4-27-19-11-8-17(9-12-19)20-6-5-13-23(20)28(25,26)21-14-18(22-16(3)24)10-7-15(21)2/h7-12,14,20H,4-6,13H2,1-3H3,(H,22,24). The van der Waals surface area contributed by atoms with Crippen LogP contribution in [0.25, 0.3) is 0 Å². The van der Waals surface area contributed by atoms with E-state index < -0.39 is 10.0 Å². The molecule has 1 amide bonds. The SMILES string of the molecule is CCOc1ccc(C2CCCN2S(=O)(=O)c2cc(NC(C)=O)ccc2C)cc1. The van der Waals surface area contributed by atoms with Crippen LogP contribution in [-0.2, 0) is 14.8 Å². The maximum atomic E-state index is 13.4. The van der Waals surface area contributed by atoms with Crippen molar-refractivity contribution in [1.29, 1.82) is 0 Å². The van der Waals surface area contributed by atoms with Crippen LogP contribution in [0.3, 0.4) is 0 Å². The Morgan fingerprint density at radius 1 is 1.21 bits per heavy atom. The lowest BCUT2D eigenvalue weighted by Gasteiger charge is -2.25. The largest absolute Gasteiger partial charge is 0.494 e. The van der Waals surface area contributed by atoms with Gasteiger partial charge in [0.25, 0.3) is 0 Å². The van der Waals surface area contributed by atoms with Gasteiger partial charge in [-0.3, -0.25) is 4.79 Å². The Kier molecular flexibility index (Phi) is 6.05. The van der Waals surface area contributed by atoms with Crippen LogP contribution in [0.4, 0.5) is 5.69 Å².